The SMILES string of the molecule is CC[NH+](CC)CCn1c(O)c(N=NC(=O)c2ccccc2)c2ccccc21. The molecule has 1 heterocycles. The third-order valence-electron chi connectivity index (χ3n) is 4.87. The van der Waals surface area contributed by atoms with E-state index in [1.54, 1.807) is 24.3 Å². The van der Waals surface area contributed by atoms with E-state index >= 15 is 0 Å². The molecule has 27 heavy (non-hydrogen) atoms. The van der Waals surface area contributed by atoms with Crippen LogP contribution in [0.4, 0.5) is 5.69 Å². The minimum atomic E-state index is -0.431. The molecule has 0 fully saturated rings. The van der Waals surface area contributed by atoms with E-state index in [4.69, 9.17) is 0 Å². The maximum atomic E-state index is 12.2. The van der Waals surface area contributed by atoms with Crippen molar-refractivity contribution in [3.63, 3.8) is 0 Å². The number of likely N-dealkylation sites (N-methyl/N-ethyl adjacent to an activating group) is 1. The van der Waals surface area contributed by atoms with E-state index in [0.717, 1.165) is 30.5 Å². The lowest BCUT2D eigenvalue weighted by Crippen LogP contribution is -3.11. The van der Waals surface area contributed by atoms with Crippen molar-refractivity contribution in [1.82, 2.24) is 4.57 Å². The summed E-state index contributed by atoms with van der Waals surface area (Å²) in [5, 5.41) is 19.4. The lowest BCUT2D eigenvalue weighted by atomic mass is 10.2. The van der Waals surface area contributed by atoms with Gasteiger partial charge in [-0.05, 0) is 32.0 Å². The standard InChI is InChI=1S/C21H24N4O2/c1-3-24(4-2)14-15-25-18-13-9-8-12-17(18)19(21(25)27)22-23-20(26)16-10-6-5-7-11-16/h5-13,27H,3-4,14-15H2,1-2H3/p+1. The van der Waals surface area contributed by atoms with Gasteiger partial charge in [0.25, 0.3) is 5.91 Å². The largest absolute Gasteiger partial charge is 0.493 e. The molecule has 0 aliphatic carbocycles. The molecule has 0 saturated heterocycles. The molecule has 140 valence electrons. The first kappa shape index (κ1) is 18.8. The van der Waals surface area contributed by atoms with E-state index in [-0.39, 0.29) is 5.88 Å². The minimum Gasteiger partial charge on any atom is -0.493 e. The molecule has 3 rings (SSSR count). The number of hydrogen-bond donors (Lipinski definition) is 2. The summed E-state index contributed by atoms with van der Waals surface area (Å²) in [7, 11) is 0. The molecule has 0 radical (unpaired) electrons. The Morgan fingerprint density at radius 3 is 2.41 bits per heavy atom. The molecular weight excluding hydrogens is 340 g/mol. The second-order valence-corrected chi connectivity index (χ2v) is 6.42. The topological polar surface area (TPSA) is 71.4 Å². The molecule has 0 spiro atoms. The minimum absolute atomic E-state index is 0.0485. The van der Waals surface area contributed by atoms with Gasteiger partial charge in [0.05, 0.1) is 31.7 Å². The molecule has 0 bridgehead atoms. The van der Waals surface area contributed by atoms with Crippen LogP contribution in [0.1, 0.15) is 24.2 Å². The van der Waals surface area contributed by atoms with Crippen LogP contribution >= 0.6 is 0 Å². The van der Waals surface area contributed by atoms with Crippen molar-refractivity contribution in [3.8, 4) is 5.88 Å². The van der Waals surface area contributed by atoms with Crippen molar-refractivity contribution in [1.29, 1.82) is 0 Å². The quantitative estimate of drug-likeness (QED) is 0.631. The maximum Gasteiger partial charge on any atom is 0.295 e. The normalized spacial score (nSPS) is 11.7. The highest BCUT2D eigenvalue weighted by Gasteiger charge is 2.18. The Balaban J connectivity index is 1.92. The Bertz CT molecular complexity index is 943. The van der Waals surface area contributed by atoms with Crippen molar-refractivity contribution >= 4 is 22.5 Å². The van der Waals surface area contributed by atoms with E-state index in [0.29, 0.717) is 17.8 Å². The van der Waals surface area contributed by atoms with Gasteiger partial charge in [-0.25, -0.2) is 0 Å². The average molecular weight is 365 g/mol. The van der Waals surface area contributed by atoms with E-state index in [9.17, 15) is 9.90 Å². The van der Waals surface area contributed by atoms with Crippen LogP contribution in [0.2, 0.25) is 0 Å². The maximum absolute atomic E-state index is 12.2. The van der Waals surface area contributed by atoms with E-state index in [1.165, 1.54) is 4.90 Å². The molecule has 0 unspecified atom stereocenters. The van der Waals surface area contributed by atoms with Crippen LogP contribution < -0.4 is 4.90 Å². The lowest BCUT2D eigenvalue weighted by Gasteiger charge is -2.16. The second kappa shape index (κ2) is 8.60. The van der Waals surface area contributed by atoms with Crippen LogP contribution in [0.15, 0.2) is 64.8 Å². The summed E-state index contributed by atoms with van der Waals surface area (Å²) in [4.78, 5) is 13.7. The molecule has 3 aromatic rings. The first-order chi connectivity index (χ1) is 13.2. The predicted molar refractivity (Wildman–Crippen MR) is 106 cm³/mol. The van der Waals surface area contributed by atoms with Crippen molar-refractivity contribution < 1.29 is 14.8 Å². The van der Waals surface area contributed by atoms with Gasteiger partial charge < -0.3 is 14.6 Å². The number of aromatic hydroxyl groups is 1. The Kier molecular flexibility index (Phi) is 5.98. The van der Waals surface area contributed by atoms with Crippen LogP contribution in [0.25, 0.3) is 10.9 Å². The average Bonchev–Trinajstić information content (AvgIpc) is 2.98. The van der Waals surface area contributed by atoms with Gasteiger partial charge in [-0.15, -0.1) is 10.2 Å². The van der Waals surface area contributed by atoms with Crippen LogP contribution in [0.5, 0.6) is 5.88 Å². The zero-order valence-electron chi connectivity index (χ0n) is 15.7. The predicted octanol–water partition coefficient (Wildman–Crippen LogP) is 3.20. The molecular formula is C21H25N4O2+. The highest BCUT2D eigenvalue weighted by Crippen LogP contribution is 2.38. The molecule has 2 N–H and O–H groups in total. The Morgan fingerprint density at radius 2 is 1.70 bits per heavy atom. The van der Waals surface area contributed by atoms with E-state index < -0.39 is 5.91 Å². The number of azo groups is 1. The van der Waals surface area contributed by atoms with Crippen LogP contribution in [-0.4, -0.2) is 35.2 Å². The fourth-order valence-electron chi connectivity index (χ4n) is 3.20. The monoisotopic (exact) mass is 365 g/mol. The summed E-state index contributed by atoms with van der Waals surface area (Å²) in [5.74, 6) is -0.383. The summed E-state index contributed by atoms with van der Waals surface area (Å²) in [6, 6.07) is 16.4. The number of aromatic nitrogens is 1. The number of nitrogens with zero attached hydrogens (tertiary/aromatic N) is 3. The van der Waals surface area contributed by atoms with E-state index in [2.05, 4.69) is 24.1 Å². The number of benzene rings is 2. The Hall–Kier alpha value is -2.99. The molecule has 0 atom stereocenters. The summed E-state index contributed by atoms with van der Waals surface area (Å²) < 4.78 is 1.85. The van der Waals surface area contributed by atoms with Crippen LogP contribution in [0, 0.1) is 0 Å². The number of rotatable bonds is 7. The number of nitrogens with one attached hydrogen (secondary N) is 1. The van der Waals surface area contributed by atoms with Crippen molar-refractivity contribution in [3.05, 3.63) is 60.2 Å². The Labute approximate surface area is 158 Å². The fourth-order valence-corrected chi connectivity index (χ4v) is 3.20. The van der Waals surface area contributed by atoms with Crippen molar-refractivity contribution in [2.24, 2.45) is 10.2 Å². The molecule has 2 aromatic carbocycles. The summed E-state index contributed by atoms with van der Waals surface area (Å²) >= 11 is 0. The highest BCUT2D eigenvalue weighted by atomic mass is 16.3. The van der Waals surface area contributed by atoms with Gasteiger partial charge in [-0.3, -0.25) is 4.79 Å². The number of carbonyl (C=O) groups excluding carboxylic acids is 1. The van der Waals surface area contributed by atoms with Gasteiger partial charge in [0.1, 0.15) is 0 Å². The molecule has 0 aliphatic heterocycles. The van der Waals surface area contributed by atoms with Crippen LogP contribution in [-0.2, 0) is 6.54 Å². The molecule has 0 saturated carbocycles. The van der Waals surface area contributed by atoms with Gasteiger partial charge in [0, 0.05) is 10.9 Å². The smallest absolute Gasteiger partial charge is 0.295 e. The zero-order valence-corrected chi connectivity index (χ0v) is 15.7. The number of amides is 1. The van der Waals surface area contributed by atoms with Gasteiger partial charge in [0.2, 0.25) is 5.88 Å². The van der Waals surface area contributed by atoms with Gasteiger partial charge >= 0.3 is 0 Å². The third kappa shape index (κ3) is 4.06. The summed E-state index contributed by atoms with van der Waals surface area (Å²) in [6.45, 7) is 7.95. The van der Waals surface area contributed by atoms with Gasteiger partial charge in [0.15, 0.2) is 5.69 Å². The van der Waals surface area contributed by atoms with E-state index in [1.807, 2.05) is 34.9 Å². The number of fused-ring (bicyclic) bond motifs is 1. The molecule has 1 aromatic heterocycles. The fraction of sp³-hybridized carbons (Fsp3) is 0.286. The number of hydrogen-bond acceptors (Lipinski definition) is 3. The summed E-state index contributed by atoms with van der Waals surface area (Å²) in [6.07, 6.45) is 0. The highest BCUT2D eigenvalue weighted by molar-refractivity contribution is 5.97. The lowest BCUT2D eigenvalue weighted by molar-refractivity contribution is -0.897. The molecule has 6 nitrogen and oxygen atoms in total. The zero-order chi connectivity index (χ0) is 19.2. The summed E-state index contributed by atoms with van der Waals surface area (Å²) in [5.41, 5.74) is 1.70. The number of quaternary nitrogens is 1. The molecule has 6 heteroatoms. The van der Waals surface area contributed by atoms with Crippen molar-refractivity contribution in [2.75, 3.05) is 19.6 Å². The molecule has 1 amide bonds. The van der Waals surface area contributed by atoms with Crippen molar-refractivity contribution in [2.45, 2.75) is 20.4 Å². The Morgan fingerprint density at radius 1 is 1.04 bits per heavy atom. The van der Waals surface area contributed by atoms with Gasteiger partial charge in [-0.1, -0.05) is 36.4 Å². The van der Waals surface area contributed by atoms with Crippen LogP contribution in [0.3, 0.4) is 0 Å². The number of carbonyl (C=O) groups is 1. The first-order valence-electron chi connectivity index (χ1n) is 9.30. The number of para-hydroxylation sites is 1. The van der Waals surface area contributed by atoms with Gasteiger partial charge in [-0.2, -0.15) is 0 Å². The first-order valence-corrected chi connectivity index (χ1v) is 9.30. The second-order valence-electron chi connectivity index (χ2n) is 6.42. The molecule has 0 aliphatic rings. The third-order valence-corrected chi connectivity index (χ3v) is 4.87.